The zero-order valence-electron chi connectivity index (χ0n) is 15.1. The van der Waals surface area contributed by atoms with Crippen molar-refractivity contribution >= 4 is 0 Å². The highest BCUT2D eigenvalue weighted by molar-refractivity contribution is 5.58. The fourth-order valence-corrected chi connectivity index (χ4v) is 2.09. The van der Waals surface area contributed by atoms with Crippen LogP contribution < -0.4 is 9.47 Å². The highest BCUT2D eigenvalue weighted by Crippen LogP contribution is 2.29. The highest BCUT2D eigenvalue weighted by atomic mass is 16.5. The van der Waals surface area contributed by atoms with Crippen molar-refractivity contribution in [1.29, 1.82) is 0 Å². The smallest absolute Gasteiger partial charge is 0.139 e. The first-order chi connectivity index (χ1) is 12.2. The van der Waals surface area contributed by atoms with Gasteiger partial charge in [0.1, 0.15) is 24.7 Å². The van der Waals surface area contributed by atoms with Crippen LogP contribution in [-0.4, -0.2) is 13.2 Å². The number of ether oxygens (including phenoxy) is 2. The molecule has 1 aromatic carbocycles. The molecule has 0 saturated heterocycles. The number of hydrogen-bond acceptors (Lipinski definition) is 2. The summed E-state index contributed by atoms with van der Waals surface area (Å²) in [5, 5.41) is 0. The quantitative estimate of drug-likeness (QED) is 0.428. The van der Waals surface area contributed by atoms with E-state index in [2.05, 4.69) is 44.4 Å². The summed E-state index contributed by atoms with van der Waals surface area (Å²) >= 11 is 0. The SMILES string of the molecule is C#Cc1cc(C#CCC(=C)CCCC)c(OCC=C)cc1OCC=C. The minimum absolute atomic E-state index is 0.373. The van der Waals surface area contributed by atoms with E-state index < -0.39 is 0 Å². The van der Waals surface area contributed by atoms with Crippen LogP contribution in [0, 0.1) is 24.2 Å². The lowest BCUT2D eigenvalue weighted by Crippen LogP contribution is -2.00. The third-order valence-corrected chi connectivity index (χ3v) is 3.40. The van der Waals surface area contributed by atoms with Crippen LogP contribution in [0.25, 0.3) is 0 Å². The molecule has 0 spiro atoms. The predicted octanol–water partition coefficient (Wildman–Crippen LogP) is 5.29. The lowest BCUT2D eigenvalue weighted by Gasteiger charge is -2.12. The Kier molecular flexibility index (Phi) is 9.42. The lowest BCUT2D eigenvalue weighted by molar-refractivity contribution is 0.344. The maximum absolute atomic E-state index is 5.71. The lowest BCUT2D eigenvalue weighted by atomic mass is 10.1. The molecular formula is C23H26O2. The van der Waals surface area contributed by atoms with Crippen molar-refractivity contribution in [1.82, 2.24) is 0 Å². The summed E-state index contributed by atoms with van der Waals surface area (Å²) in [5.41, 5.74) is 2.52. The molecule has 0 fully saturated rings. The van der Waals surface area contributed by atoms with Gasteiger partial charge in [-0.3, -0.25) is 0 Å². The number of hydrogen-bond donors (Lipinski definition) is 0. The zero-order chi connectivity index (χ0) is 18.5. The monoisotopic (exact) mass is 334 g/mol. The van der Waals surface area contributed by atoms with Gasteiger partial charge in [-0.25, -0.2) is 0 Å². The molecule has 0 saturated carbocycles. The summed E-state index contributed by atoms with van der Waals surface area (Å²) in [7, 11) is 0. The van der Waals surface area contributed by atoms with Crippen molar-refractivity contribution in [2.24, 2.45) is 0 Å². The van der Waals surface area contributed by atoms with E-state index in [1.54, 1.807) is 18.2 Å². The molecule has 0 aliphatic heterocycles. The minimum atomic E-state index is 0.373. The normalized spacial score (nSPS) is 9.28. The fourth-order valence-electron chi connectivity index (χ4n) is 2.09. The van der Waals surface area contributed by atoms with Crippen LogP contribution in [0.15, 0.2) is 49.6 Å². The zero-order valence-corrected chi connectivity index (χ0v) is 15.1. The average Bonchev–Trinajstić information content (AvgIpc) is 2.63. The average molecular weight is 334 g/mol. The van der Waals surface area contributed by atoms with Gasteiger partial charge in [0.25, 0.3) is 0 Å². The topological polar surface area (TPSA) is 18.5 Å². The molecule has 0 amide bonds. The van der Waals surface area contributed by atoms with Gasteiger partial charge in [0.2, 0.25) is 0 Å². The standard InChI is InChI=1S/C23H26O2/c1-6-10-12-19(5)13-11-14-21-17-20(9-4)22(24-15-7-2)18-23(21)25-16-8-3/h4,7-8,17-18H,2-3,5-6,10,12-13,15-16H2,1H3. The van der Waals surface area contributed by atoms with Crippen LogP contribution >= 0.6 is 0 Å². The van der Waals surface area contributed by atoms with E-state index in [-0.39, 0.29) is 0 Å². The molecule has 130 valence electrons. The van der Waals surface area contributed by atoms with Crippen molar-refractivity contribution in [2.75, 3.05) is 13.2 Å². The van der Waals surface area contributed by atoms with Crippen molar-refractivity contribution < 1.29 is 9.47 Å². The van der Waals surface area contributed by atoms with Gasteiger partial charge in [0, 0.05) is 12.5 Å². The molecule has 2 heteroatoms. The van der Waals surface area contributed by atoms with Gasteiger partial charge in [0.15, 0.2) is 0 Å². The Labute approximate surface area is 152 Å². The van der Waals surface area contributed by atoms with E-state index in [4.69, 9.17) is 15.9 Å². The van der Waals surface area contributed by atoms with Gasteiger partial charge < -0.3 is 9.47 Å². The molecular weight excluding hydrogens is 308 g/mol. The Hall–Kier alpha value is -2.84. The molecule has 0 aromatic heterocycles. The number of unbranched alkanes of at least 4 members (excludes halogenated alkanes) is 1. The second-order valence-corrected chi connectivity index (χ2v) is 5.52. The molecule has 0 N–H and O–H groups in total. The molecule has 25 heavy (non-hydrogen) atoms. The largest absolute Gasteiger partial charge is 0.488 e. The number of allylic oxidation sites excluding steroid dienone is 1. The minimum Gasteiger partial charge on any atom is -0.488 e. The van der Waals surface area contributed by atoms with E-state index in [1.165, 1.54) is 0 Å². The second-order valence-electron chi connectivity index (χ2n) is 5.52. The number of rotatable bonds is 10. The molecule has 2 nitrogen and oxygen atoms in total. The van der Waals surface area contributed by atoms with Gasteiger partial charge in [-0.2, -0.15) is 0 Å². The maximum atomic E-state index is 5.71. The van der Waals surface area contributed by atoms with E-state index in [9.17, 15) is 0 Å². The van der Waals surface area contributed by atoms with Gasteiger partial charge >= 0.3 is 0 Å². The van der Waals surface area contributed by atoms with E-state index in [1.807, 2.05) is 6.07 Å². The van der Waals surface area contributed by atoms with Crippen LogP contribution in [-0.2, 0) is 0 Å². The Morgan fingerprint density at radius 3 is 2.32 bits per heavy atom. The Bertz CT molecular complexity index is 708. The molecule has 0 aliphatic carbocycles. The van der Waals surface area contributed by atoms with Crippen LogP contribution in [0.3, 0.4) is 0 Å². The van der Waals surface area contributed by atoms with E-state index in [0.29, 0.717) is 36.7 Å². The van der Waals surface area contributed by atoms with Crippen molar-refractivity contribution in [3.63, 3.8) is 0 Å². The molecule has 1 rings (SSSR count). The highest BCUT2D eigenvalue weighted by Gasteiger charge is 2.09. The molecule has 0 radical (unpaired) electrons. The summed E-state index contributed by atoms with van der Waals surface area (Å²) in [6.45, 7) is 14.3. The Morgan fingerprint density at radius 2 is 1.76 bits per heavy atom. The summed E-state index contributed by atoms with van der Waals surface area (Å²) in [6.07, 6.45) is 12.9. The number of benzene rings is 1. The Morgan fingerprint density at radius 1 is 1.12 bits per heavy atom. The van der Waals surface area contributed by atoms with Crippen LogP contribution in [0.1, 0.15) is 43.7 Å². The number of terminal acetylenes is 1. The molecule has 1 aromatic rings. The van der Waals surface area contributed by atoms with Crippen molar-refractivity contribution in [2.45, 2.75) is 32.6 Å². The van der Waals surface area contributed by atoms with Gasteiger partial charge in [-0.15, -0.1) is 6.42 Å². The van der Waals surface area contributed by atoms with Crippen molar-refractivity contribution in [3.05, 3.63) is 60.7 Å². The summed E-state index contributed by atoms with van der Waals surface area (Å²) in [6, 6.07) is 3.59. The third kappa shape index (κ3) is 7.06. The van der Waals surface area contributed by atoms with Crippen LogP contribution in [0.2, 0.25) is 0 Å². The second kappa shape index (κ2) is 11.7. The maximum Gasteiger partial charge on any atom is 0.139 e. The fraction of sp³-hybridized carbons (Fsp3) is 0.304. The summed E-state index contributed by atoms with van der Waals surface area (Å²) in [4.78, 5) is 0. The first kappa shape index (κ1) is 20.2. The molecule has 0 bridgehead atoms. The first-order valence-corrected chi connectivity index (χ1v) is 8.43. The van der Waals surface area contributed by atoms with Gasteiger partial charge in [-0.05, 0) is 18.9 Å². The van der Waals surface area contributed by atoms with Gasteiger partial charge in [0.05, 0.1) is 11.1 Å². The molecule has 0 aliphatic rings. The molecule has 0 unspecified atom stereocenters. The van der Waals surface area contributed by atoms with Crippen LogP contribution in [0.5, 0.6) is 11.5 Å². The summed E-state index contributed by atoms with van der Waals surface area (Å²) < 4.78 is 11.3. The molecule has 0 atom stereocenters. The first-order valence-electron chi connectivity index (χ1n) is 8.43. The van der Waals surface area contributed by atoms with Crippen molar-refractivity contribution in [3.8, 4) is 35.7 Å². The summed E-state index contributed by atoms with van der Waals surface area (Å²) in [5.74, 6) is 10.2. The predicted molar refractivity (Wildman–Crippen MR) is 106 cm³/mol. The van der Waals surface area contributed by atoms with Gasteiger partial charge in [-0.1, -0.05) is 68.6 Å². The Balaban J connectivity index is 3.06. The molecule has 0 heterocycles. The van der Waals surface area contributed by atoms with Crippen LogP contribution in [0.4, 0.5) is 0 Å². The van der Waals surface area contributed by atoms with E-state index >= 15 is 0 Å². The van der Waals surface area contributed by atoms with E-state index in [0.717, 1.165) is 30.4 Å². The third-order valence-electron chi connectivity index (χ3n) is 3.40.